The molecule has 2 heterocycles. The van der Waals surface area contributed by atoms with Crippen molar-refractivity contribution in [1.29, 1.82) is 0 Å². The van der Waals surface area contributed by atoms with Gasteiger partial charge in [-0.3, -0.25) is 4.79 Å². The minimum absolute atomic E-state index is 0.0637. The monoisotopic (exact) mass is 329 g/mol. The maximum atomic E-state index is 11.7. The average molecular weight is 329 g/mol. The van der Waals surface area contributed by atoms with Crippen molar-refractivity contribution >= 4 is 16.7 Å². The molecule has 1 atom stereocenters. The van der Waals surface area contributed by atoms with E-state index in [1.165, 1.54) is 0 Å². The van der Waals surface area contributed by atoms with Crippen LogP contribution in [0, 0.1) is 5.92 Å². The van der Waals surface area contributed by atoms with Crippen LogP contribution in [0.2, 0.25) is 0 Å². The molecule has 0 aliphatic carbocycles. The number of benzene rings is 1. The molecule has 3 N–H and O–H groups in total. The third-order valence-electron chi connectivity index (χ3n) is 4.07. The highest BCUT2D eigenvalue weighted by Crippen LogP contribution is 2.31. The van der Waals surface area contributed by atoms with E-state index in [9.17, 15) is 4.79 Å². The van der Waals surface area contributed by atoms with Crippen LogP contribution in [0.3, 0.4) is 0 Å². The van der Waals surface area contributed by atoms with E-state index in [1.807, 2.05) is 19.9 Å². The Morgan fingerprint density at radius 1 is 1.46 bits per heavy atom. The highest BCUT2D eigenvalue weighted by molar-refractivity contribution is 6.01. The van der Waals surface area contributed by atoms with E-state index in [4.69, 9.17) is 15.2 Å². The topological polar surface area (TPSA) is 86.5 Å². The SMILES string of the molecule is CC(C)Oc1cc2c(OCC3CCNC3)nccc2cc1C(N)=O. The van der Waals surface area contributed by atoms with Gasteiger partial charge in [0.05, 0.1) is 18.3 Å². The maximum Gasteiger partial charge on any atom is 0.252 e. The number of carbonyl (C=O) groups excluding carboxylic acids is 1. The van der Waals surface area contributed by atoms with Gasteiger partial charge in [-0.2, -0.15) is 0 Å². The highest BCUT2D eigenvalue weighted by atomic mass is 16.5. The Balaban J connectivity index is 1.95. The summed E-state index contributed by atoms with van der Waals surface area (Å²) in [6, 6.07) is 5.37. The molecular formula is C18H23N3O3. The van der Waals surface area contributed by atoms with Gasteiger partial charge in [0.15, 0.2) is 0 Å². The van der Waals surface area contributed by atoms with Gasteiger partial charge in [0.25, 0.3) is 5.91 Å². The van der Waals surface area contributed by atoms with Gasteiger partial charge >= 0.3 is 0 Å². The van der Waals surface area contributed by atoms with Crippen LogP contribution in [0.15, 0.2) is 24.4 Å². The van der Waals surface area contributed by atoms with Gasteiger partial charge in [0, 0.05) is 24.0 Å². The van der Waals surface area contributed by atoms with E-state index >= 15 is 0 Å². The Morgan fingerprint density at radius 3 is 2.96 bits per heavy atom. The standard InChI is InChI=1S/C18H23N3O3/c1-11(2)24-16-8-14-13(7-15(16)17(19)22)4-6-21-18(14)23-10-12-3-5-20-9-12/h4,6-8,11-12,20H,3,5,9-10H2,1-2H3,(H2,19,22). The molecule has 3 rings (SSSR count). The molecule has 6 nitrogen and oxygen atoms in total. The minimum atomic E-state index is -0.510. The zero-order valence-corrected chi connectivity index (χ0v) is 14.0. The summed E-state index contributed by atoms with van der Waals surface area (Å²) in [6.45, 7) is 6.44. The van der Waals surface area contributed by atoms with Crippen LogP contribution < -0.4 is 20.5 Å². The van der Waals surface area contributed by atoms with Gasteiger partial charge in [-0.1, -0.05) is 0 Å². The lowest BCUT2D eigenvalue weighted by Crippen LogP contribution is -2.17. The number of nitrogens with one attached hydrogen (secondary N) is 1. The number of hydrogen-bond acceptors (Lipinski definition) is 5. The predicted octanol–water partition coefficient (Wildman–Crippen LogP) is 2.11. The zero-order chi connectivity index (χ0) is 17.1. The van der Waals surface area contributed by atoms with Crippen molar-refractivity contribution in [3.63, 3.8) is 0 Å². The number of rotatable bonds is 6. The van der Waals surface area contributed by atoms with Crippen LogP contribution in [0.25, 0.3) is 10.8 Å². The van der Waals surface area contributed by atoms with Gasteiger partial charge in [0.2, 0.25) is 5.88 Å². The van der Waals surface area contributed by atoms with E-state index in [1.54, 1.807) is 18.3 Å². The molecule has 128 valence electrons. The van der Waals surface area contributed by atoms with Crippen molar-refractivity contribution in [2.45, 2.75) is 26.4 Å². The van der Waals surface area contributed by atoms with Crippen molar-refractivity contribution in [3.05, 3.63) is 30.0 Å². The van der Waals surface area contributed by atoms with Gasteiger partial charge in [-0.15, -0.1) is 0 Å². The van der Waals surface area contributed by atoms with Gasteiger partial charge < -0.3 is 20.5 Å². The number of aromatic nitrogens is 1. The molecule has 0 spiro atoms. The van der Waals surface area contributed by atoms with Gasteiger partial charge in [-0.25, -0.2) is 4.98 Å². The van der Waals surface area contributed by atoms with Crippen LogP contribution in [-0.4, -0.2) is 36.7 Å². The van der Waals surface area contributed by atoms with Gasteiger partial charge in [-0.05, 0) is 50.4 Å². The number of nitrogens with zero attached hydrogens (tertiary/aromatic N) is 1. The Labute approximate surface area is 141 Å². The highest BCUT2D eigenvalue weighted by Gasteiger charge is 2.18. The first kappa shape index (κ1) is 16.5. The summed E-state index contributed by atoms with van der Waals surface area (Å²) in [5, 5.41) is 5.00. The molecule has 1 amide bonds. The number of amides is 1. The summed E-state index contributed by atoms with van der Waals surface area (Å²) in [6.07, 6.45) is 2.72. The number of nitrogens with two attached hydrogens (primary N) is 1. The maximum absolute atomic E-state index is 11.7. The quantitative estimate of drug-likeness (QED) is 0.847. The Morgan fingerprint density at radius 2 is 2.29 bits per heavy atom. The first-order chi connectivity index (χ1) is 11.5. The molecule has 1 unspecified atom stereocenters. The molecule has 1 aromatic heterocycles. The van der Waals surface area contributed by atoms with Crippen LogP contribution >= 0.6 is 0 Å². The van der Waals surface area contributed by atoms with Crippen LogP contribution in [0.4, 0.5) is 0 Å². The smallest absolute Gasteiger partial charge is 0.252 e. The molecule has 6 heteroatoms. The van der Waals surface area contributed by atoms with Crippen molar-refractivity contribution in [2.75, 3.05) is 19.7 Å². The Kier molecular flexibility index (Phi) is 4.85. The third-order valence-corrected chi connectivity index (χ3v) is 4.07. The van der Waals surface area contributed by atoms with Crippen molar-refractivity contribution in [1.82, 2.24) is 10.3 Å². The molecule has 1 aliphatic rings. The van der Waals surface area contributed by atoms with E-state index in [0.717, 1.165) is 30.3 Å². The first-order valence-electron chi connectivity index (χ1n) is 8.27. The normalized spacial score (nSPS) is 17.4. The average Bonchev–Trinajstić information content (AvgIpc) is 3.05. The van der Waals surface area contributed by atoms with Crippen LogP contribution in [0.1, 0.15) is 30.6 Å². The number of pyridine rings is 1. The van der Waals surface area contributed by atoms with E-state index in [-0.39, 0.29) is 6.10 Å². The number of ether oxygens (including phenoxy) is 2. The summed E-state index contributed by atoms with van der Waals surface area (Å²) in [7, 11) is 0. The number of hydrogen-bond donors (Lipinski definition) is 2. The number of fused-ring (bicyclic) bond motifs is 1. The molecule has 1 fully saturated rings. The molecular weight excluding hydrogens is 306 g/mol. The molecule has 0 radical (unpaired) electrons. The molecule has 1 aliphatic heterocycles. The fourth-order valence-electron chi connectivity index (χ4n) is 2.89. The summed E-state index contributed by atoms with van der Waals surface area (Å²) >= 11 is 0. The number of primary amides is 1. The second kappa shape index (κ2) is 7.05. The summed E-state index contributed by atoms with van der Waals surface area (Å²) < 4.78 is 11.7. The molecule has 0 saturated carbocycles. The molecule has 1 aromatic carbocycles. The lowest BCUT2D eigenvalue weighted by atomic mass is 10.1. The van der Waals surface area contributed by atoms with E-state index < -0.39 is 5.91 Å². The lowest BCUT2D eigenvalue weighted by Gasteiger charge is -2.16. The van der Waals surface area contributed by atoms with Crippen LogP contribution in [0.5, 0.6) is 11.6 Å². The van der Waals surface area contributed by atoms with Gasteiger partial charge in [0.1, 0.15) is 5.75 Å². The first-order valence-corrected chi connectivity index (χ1v) is 8.27. The van der Waals surface area contributed by atoms with E-state index in [2.05, 4.69) is 10.3 Å². The van der Waals surface area contributed by atoms with Crippen molar-refractivity contribution in [3.8, 4) is 11.6 Å². The third kappa shape index (κ3) is 3.59. The largest absolute Gasteiger partial charge is 0.490 e. The Hall–Kier alpha value is -2.34. The fraction of sp³-hybridized carbons (Fsp3) is 0.444. The second-order valence-corrected chi connectivity index (χ2v) is 6.39. The minimum Gasteiger partial charge on any atom is -0.490 e. The molecule has 0 bridgehead atoms. The fourth-order valence-corrected chi connectivity index (χ4v) is 2.89. The predicted molar refractivity (Wildman–Crippen MR) is 92.5 cm³/mol. The molecule has 1 saturated heterocycles. The summed E-state index contributed by atoms with van der Waals surface area (Å²) in [5.41, 5.74) is 5.86. The van der Waals surface area contributed by atoms with Crippen LogP contribution in [-0.2, 0) is 0 Å². The summed E-state index contributed by atoms with van der Waals surface area (Å²) in [5.74, 6) is 1.01. The van der Waals surface area contributed by atoms with Crippen molar-refractivity contribution in [2.24, 2.45) is 11.7 Å². The Bertz CT molecular complexity index is 740. The summed E-state index contributed by atoms with van der Waals surface area (Å²) in [4.78, 5) is 16.1. The molecule has 24 heavy (non-hydrogen) atoms. The second-order valence-electron chi connectivity index (χ2n) is 6.39. The van der Waals surface area contributed by atoms with Crippen molar-refractivity contribution < 1.29 is 14.3 Å². The number of carbonyl (C=O) groups is 1. The lowest BCUT2D eigenvalue weighted by molar-refractivity contribution is 0.0994. The van der Waals surface area contributed by atoms with E-state index in [0.29, 0.717) is 29.7 Å². The molecule has 2 aromatic rings. The zero-order valence-electron chi connectivity index (χ0n) is 14.0.